The van der Waals surface area contributed by atoms with Gasteiger partial charge in [-0.3, -0.25) is 4.79 Å². The maximum atomic E-state index is 10.9. The van der Waals surface area contributed by atoms with Crippen LogP contribution in [0.2, 0.25) is 0 Å². The third-order valence-electron chi connectivity index (χ3n) is 2.26. The third-order valence-corrected chi connectivity index (χ3v) is 2.26. The molecule has 1 unspecified atom stereocenters. The van der Waals surface area contributed by atoms with E-state index in [1.165, 1.54) is 17.0 Å². The predicted octanol–water partition coefficient (Wildman–Crippen LogP) is 0.702. The largest absolute Gasteiger partial charge is 0.481 e. The Labute approximate surface area is 85.6 Å². The zero-order chi connectivity index (χ0) is 10.8. The van der Waals surface area contributed by atoms with Gasteiger partial charge in [-0.25, -0.2) is 9.50 Å². The summed E-state index contributed by atoms with van der Waals surface area (Å²) in [5, 5.41) is 12.9. The Morgan fingerprint density at radius 2 is 2.40 bits per heavy atom. The molecule has 78 valence electrons. The summed E-state index contributed by atoms with van der Waals surface area (Å²) in [6.07, 6.45) is 5.09. The van der Waals surface area contributed by atoms with Crippen molar-refractivity contribution in [3.05, 3.63) is 24.3 Å². The molecule has 0 radical (unpaired) electrons. The lowest BCUT2D eigenvalue weighted by molar-refractivity contribution is -0.138. The molecule has 2 heterocycles. The molecule has 0 saturated carbocycles. The van der Waals surface area contributed by atoms with Crippen LogP contribution in [0.15, 0.2) is 18.7 Å². The average molecular weight is 206 g/mol. The maximum Gasteiger partial charge on any atom is 0.311 e. The minimum atomic E-state index is -0.848. The number of carboxylic acids is 1. The highest BCUT2D eigenvalue weighted by Gasteiger charge is 2.18. The van der Waals surface area contributed by atoms with Crippen molar-refractivity contribution in [3.63, 3.8) is 0 Å². The molecule has 2 aromatic rings. The molecule has 0 saturated heterocycles. The van der Waals surface area contributed by atoms with Gasteiger partial charge in [0.2, 0.25) is 0 Å². The molecular formula is C9H10N4O2. The van der Waals surface area contributed by atoms with Crippen LogP contribution in [0.25, 0.3) is 5.78 Å². The van der Waals surface area contributed by atoms with Crippen molar-refractivity contribution < 1.29 is 9.90 Å². The van der Waals surface area contributed by atoms with Gasteiger partial charge in [0.05, 0.1) is 5.92 Å². The van der Waals surface area contributed by atoms with Crippen LogP contribution < -0.4 is 0 Å². The minimum absolute atomic E-state index is 0.471. The first kappa shape index (κ1) is 9.57. The number of hydrogen-bond donors (Lipinski definition) is 1. The molecule has 1 N–H and O–H groups in total. The summed E-state index contributed by atoms with van der Waals surface area (Å²) in [7, 11) is 0. The summed E-state index contributed by atoms with van der Waals surface area (Å²) in [4.78, 5) is 18.8. The molecule has 1 atom stereocenters. The highest BCUT2D eigenvalue weighted by Crippen LogP contribution is 2.18. The second kappa shape index (κ2) is 3.64. The smallest absolute Gasteiger partial charge is 0.311 e. The molecule has 0 spiro atoms. The molecule has 0 fully saturated rings. The van der Waals surface area contributed by atoms with Gasteiger partial charge in [-0.1, -0.05) is 6.92 Å². The van der Waals surface area contributed by atoms with Crippen molar-refractivity contribution in [2.75, 3.05) is 0 Å². The van der Waals surface area contributed by atoms with Crippen LogP contribution in [0.1, 0.15) is 24.8 Å². The molecule has 15 heavy (non-hydrogen) atoms. The van der Waals surface area contributed by atoms with Crippen molar-refractivity contribution in [3.8, 4) is 0 Å². The molecule has 0 aliphatic heterocycles. The number of carbonyl (C=O) groups is 1. The third kappa shape index (κ3) is 1.65. The number of aromatic nitrogens is 4. The van der Waals surface area contributed by atoms with E-state index in [0.717, 1.165) is 0 Å². The lowest BCUT2D eigenvalue weighted by Gasteiger charge is -2.08. The van der Waals surface area contributed by atoms with E-state index < -0.39 is 11.9 Å². The zero-order valence-electron chi connectivity index (χ0n) is 8.16. The zero-order valence-corrected chi connectivity index (χ0v) is 8.16. The summed E-state index contributed by atoms with van der Waals surface area (Å²) >= 11 is 0. The topological polar surface area (TPSA) is 80.4 Å². The first-order chi connectivity index (χ1) is 7.22. The van der Waals surface area contributed by atoms with Gasteiger partial charge in [0, 0.05) is 18.0 Å². The van der Waals surface area contributed by atoms with Crippen molar-refractivity contribution in [2.24, 2.45) is 0 Å². The quantitative estimate of drug-likeness (QED) is 0.799. The monoisotopic (exact) mass is 206 g/mol. The fraction of sp³-hybridized carbons (Fsp3) is 0.333. The Balaban J connectivity index is 2.46. The second-order valence-electron chi connectivity index (χ2n) is 3.19. The minimum Gasteiger partial charge on any atom is -0.481 e. The van der Waals surface area contributed by atoms with Crippen LogP contribution in [0, 0.1) is 0 Å². The van der Waals surface area contributed by atoms with Crippen LogP contribution in [0.5, 0.6) is 0 Å². The van der Waals surface area contributed by atoms with E-state index in [4.69, 9.17) is 5.11 Å². The Morgan fingerprint density at radius 3 is 3.07 bits per heavy atom. The second-order valence-corrected chi connectivity index (χ2v) is 3.19. The molecule has 0 aliphatic carbocycles. The van der Waals surface area contributed by atoms with Crippen molar-refractivity contribution in [1.82, 2.24) is 19.6 Å². The first-order valence-electron chi connectivity index (χ1n) is 4.60. The van der Waals surface area contributed by atoms with Gasteiger partial charge in [-0.05, 0) is 6.42 Å². The normalized spacial score (nSPS) is 12.9. The van der Waals surface area contributed by atoms with E-state index in [1.54, 1.807) is 6.20 Å². The summed E-state index contributed by atoms with van der Waals surface area (Å²) in [6.45, 7) is 1.82. The molecule has 6 nitrogen and oxygen atoms in total. The maximum absolute atomic E-state index is 10.9. The Bertz CT molecular complexity index is 494. The SMILES string of the molecule is CCC(C(=O)O)c1cnc2ncnn2c1. The van der Waals surface area contributed by atoms with Gasteiger partial charge in [0.15, 0.2) is 0 Å². The molecule has 0 aliphatic rings. The molecule has 2 rings (SSSR count). The summed E-state index contributed by atoms with van der Waals surface area (Å²) in [5.74, 6) is -0.913. The number of fused-ring (bicyclic) bond motifs is 1. The molecule has 2 aromatic heterocycles. The number of hydrogen-bond acceptors (Lipinski definition) is 4. The number of nitrogens with zero attached hydrogens (tertiary/aromatic N) is 4. The van der Waals surface area contributed by atoms with E-state index in [-0.39, 0.29) is 0 Å². The van der Waals surface area contributed by atoms with Crippen molar-refractivity contribution in [1.29, 1.82) is 0 Å². The van der Waals surface area contributed by atoms with E-state index in [0.29, 0.717) is 17.8 Å². The highest BCUT2D eigenvalue weighted by molar-refractivity contribution is 5.75. The van der Waals surface area contributed by atoms with Crippen LogP contribution >= 0.6 is 0 Å². The number of rotatable bonds is 3. The van der Waals surface area contributed by atoms with Crippen LogP contribution in [0.3, 0.4) is 0 Å². The standard InChI is InChI=1S/C9H10N4O2/c1-2-7(8(14)15)6-3-10-9-11-5-12-13(9)4-6/h3-5,7H,2H2,1H3,(H,14,15). The highest BCUT2D eigenvalue weighted by atomic mass is 16.4. The van der Waals surface area contributed by atoms with Crippen molar-refractivity contribution in [2.45, 2.75) is 19.3 Å². The first-order valence-corrected chi connectivity index (χ1v) is 4.60. The van der Waals surface area contributed by atoms with Gasteiger partial charge >= 0.3 is 5.97 Å². The molecule has 0 aromatic carbocycles. The Hall–Kier alpha value is -1.98. The lowest BCUT2D eigenvalue weighted by Crippen LogP contribution is -2.11. The van der Waals surface area contributed by atoms with Gasteiger partial charge < -0.3 is 5.11 Å². The van der Waals surface area contributed by atoms with Gasteiger partial charge in [0.1, 0.15) is 6.33 Å². The van der Waals surface area contributed by atoms with E-state index in [2.05, 4.69) is 15.1 Å². The molecular weight excluding hydrogens is 196 g/mol. The number of aliphatic carboxylic acids is 1. The average Bonchev–Trinajstić information content (AvgIpc) is 2.65. The summed E-state index contributed by atoms with van der Waals surface area (Å²) in [6, 6.07) is 0. The molecule has 0 amide bonds. The predicted molar refractivity (Wildman–Crippen MR) is 51.4 cm³/mol. The van der Waals surface area contributed by atoms with Gasteiger partial charge in [-0.2, -0.15) is 10.1 Å². The van der Waals surface area contributed by atoms with Crippen molar-refractivity contribution >= 4 is 11.7 Å². The lowest BCUT2D eigenvalue weighted by atomic mass is 10.00. The van der Waals surface area contributed by atoms with E-state index in [9.17, 15) is 4.79 Å². The van der Waals surface area contributed by atoms with Crippen LogP contribution in [-0.2, 0) is 4.79 Å². The fourth-order valence-electron chi connectivity index (χ4n) is 1.47. The molecule has 0 bridgehead atoms. The Morgan fingerprint density at radius 1 is 1.60 bits per heavy atom. The summed E-state index contributed by atoms with van der Waals surface area (Å²) in [5.41, 5.74) is 0.642. The van der Waals surface area contributed by atoms with Gasteiger partial charge in [-0.15, -0.1) is 0 Å². The van der Waals surface area contributed by atoms with E-state index >= 15 is 0 Å². The number of carboxylic acid groups (broad SMARTS) is 1. The summed E-state index contributed by atoms with van der Waals surface area (Å²) < 4.78 is 1.47. The fourth-order valence-corrected chi connectivity index (χ4v) is 1.47. The van der Waals surface area contributed by atoms with Crippen LogP contribution in [-0.4, -0.2) is 30.7 Å². The van der Waals surface area contributed by atoms with Crippen LogP contribution in [0.4, 0.5) is 0 Å². The Kier molecular flexibility index (Phi) is 2.32. The van der Waals surface area contributed by atoms with Gasteiger partial charge in [0.25, 0.3) is 5.78 Å². The van der Waals surface area contributed by atoms with E-state index in [1.807, 2.05) is 6.92 Å². The molecule has 6 heteroatoms.